The van der Waals surface area contributed by atoms with Gasteiger partial charge in [0.15, 0.2) is 28.1 Å². The van der Waals surface area contributed by atoms with Crippen LogP contribution in [-0.2, 0) is 13.1 Å². The lowest BCUT2D eigenvalue weighted by Crippen LogP contribution is -2.08. The second-order valence-corrected chi connectivity index (χ2v) is 7.97. The van der Waals surface area contributed by atoms with Crippen LogP contribution in [0.1, 0.15) is 27.9 Å². The summed E-state index contributed by atoms with van der Waals surface area (Å²) in [6.07, 6.45) is 1.71. The summed E-state index contributed by atoms with van der Waals surface area (Å²) < 4.78 is 13.0. The van der Waals surface area contributed by atoms with Crippen LogP contribution in [0.5, 0.6) is 11.5 Å². The highest BCUT2D eigenvalue weighted by Gasteiger charge is 2.20. The highest BCUT2D eigenvalue weighted by Crippen LogP contribution is 2.36. The maximum atomic E-state index is 11.3. The van der Waals surface area contributed by atoms with Crippen LogP contribution >= 0.6 is 11.3 Å². The first kappa shape index (κ1) is 20.0. The standard InChI is InChI=1S/C20H19N7O4S/c1-3-27-8-22-17-13(27)16(21-7-11-5-4-6-12-14(11)31-9-30-12)24-19(25-17)26-20-23-10(2)15(32-20)18(28)29/h4-6,8H,3,7,9H2,1-2H3,(H,28,29)(H2,21,23,24,25,26). The Morgan fingerprint density at radius 2 is 2.16 bits per heavy atom. The van der Waals surface area contributed by atoms with Crippen LogP contribution in [0.3, 0.4) is 0 Å². The molecule has 1 aromatic carbocycles. The minimum Gasteiger partial charge on any atom is -0.477 e. The molecule has 1 aliphatic rings. The molecule has 0 atom stereocenters. The zero-order chi connectivity index (χ0) is 22.2. The molecule has 164 valence electrons. The van der Waals surface area contributed by atoms with Crippen LogP contribution in [0, 0.1) is 6.92 Å². The molecule has 5 rings (SSSR count). The van der Waals surface area contributed by atoms with E-state index < -0.39 is 5.97 Å². The lowest BCUT2D eigenvalue weighted by atomic mass is 10.2. The molecule has 3 N–H and O–H groups in total. The van der Waals surface area contributed by atoms with Gasteiger partial charge in [-0.1, -0.05) is 23.5 Å². The number of nitrogens with one attached hydrogen (secondary N) is 2. The fourth-order valence-corrected chi connectivity index (χ4v) is 4.25. The molecule has 0 amide bonds. The van der Waals surface area contributed by atoms with E-state index in [-0.39, 0.29) is 17.6 Å². The predicted octanol–water partition coefficient (Wildman–Crippen LogP) is 3.39. The molecule has 0 aliphatic carbocycles. The van der Waals surface area contributed by atoms with Crippen molar-refractivity contribution in [1.82, 2.24) is 24.5 Å². The van der Waals surface area contributed by atoms with Crippen molar-refractivity contribution in [3.63, 3.8) is 0 Å². The number of hydrogen-bond acceptors (Lipinski definition) is 10. The number of imidazole rings is 1. The number of rotatable bonds is 7. The van der Waals surface area contributed by atoms with Crippen LogP contribution in [0.2, 0.25) is 0 Å². The molecule has 12 heteroatoms. The third-order valence-corrected chi connectivity index (χ3v) is 6.01. The third kappa shape index (κ3) is 3.54. The summed E-state index contributed by atoms with van der Waals surface area (Å²) in [6, 6.07) is 5.74. The Kier molecular flexibility index (Phi) is 4.98. The van der Waals surface area contributed by atoms with Gasteiger partial charge in [0.05, 0.1) is 12.0 Å². The Hall–Kier alpha value is -3.93. The molecule has 32 heavy (non-hydrogen) atoms. The number of aromatic carboxylic acids is 1. The second kappa shape index (κ2) is 7.96. The number of aryl methyl sites for hydroxylation is 2. The molecule has 0 bridgehead atoms. The normalized spacial score (nSPS) is 12.3. The van der Waals surface area contributed by atoms with Gasteiger partial charge in [-0.3, -0.25) is 5.32 Å². The van der Waals surface area contributed by atoms with Crippen LogP contribution in [-0.4, -0.2) is 42.4 Å². The molecule has 0 fully saturated rings. The van der Waals surface area contributed by atoms with Gasteiger partial charge in [-0.2, -0.15) is 9.97 Å². The van der Waals surface area contributed by atoms with Crippen molar-refractivity contribution in [3.8, 4) is 11.5 Å². The van der Waals surface area contributed by atoms with Gasteiger partial charge >= 0.3 is 5.97 Å². The number of carboxylic acids is 1. The van der Waals surface area contributed by atoms with Crippen LogP contribution < -0.4 is 20.1 Å². The van der Waals surface area contributed by atoms with E-state index in [2.05, 4.69) is 30.6 Å². The molecule has 0 spiro atoms. The van der Waals surface area contributed by atoms with E-state index in [4.69, 9.17) is 9.47 Å². The summed E-state index contributed by atoms with van der Waals surface area (Å²) in [6.45, 7) is 5.01. The first-order chi connectivity index (χ1) is 15.5. The Morgan fingerprint density at radius 3 is 2.94 bits per heavy atom. The van der Waals surface area contributed by atoms with E-state index in [1.807, 2.05) is 29.7 Å². The summed E-state index contributed by atoms with van der Waals surface area (Å²) >= 11 is 1.03. The van der Waals surface area contributed by atoms with Crippen molar-refractivity contribution < 1.29 is 19.4 Å². The summed E-state index contributed by atoms with van der Waals surface area (Å²) in [7, 11) is 0. The Labute approximate surface area is 186 Å². The molecule has 0 saturated carbocycles. The largest absolute Gasteiger partial charge is 0.477 e. The predicted molar refractivity (Wildman–Crippen MR) is 118 cm³/mol. The van der Waals surface area contributed by atoms with Crippen molar-refractivity contribution in [2.45, 2.75) is 26.9 Å². The number of aromatic nitrogens is 5. The van der Waals surface area contributed by atoms with Crippen LogP contribution in [0.25, 0.3) is 11.2 Å². The fraction of sp³-hybridized carbons (Fsp3) is 0.250. The molecule has 1 aliphatic heterocycles. The van der Waals surface area contributed by atoms with Gasteiger partial charge in [0.25, 0.3) is 0 Å². The molecular formula is C20H19N7O4S. The topological polar surface area (TPSA) is 136 Å². The Bertz CT molecular complexity index is 1330. The number of para-hydroxylation sites is 1. The van der Waals surface area contributed by atoms with Gasteiger partial charge in [0.1, 0.15) is 10.4 Å². The van der Waals surface area contributed by atoms with E-state index in [0.29, 0.717) is 46.9 Å². The number of nitrogens with zero attached hydrogens (tertiary/aromatic N) is 5. The van der Waals surface area contributed by atoms with Gasteiger partial charge in [0, 0.05) is 18.7 Å². The van der Waals surface area contributed by atoms with Crippen molar-refractivity contribution in [2.24, 2.45) is 0 Å². The second-order valence-electron chi connectivity index (χ2n) is 6.97. The van der Waals surface area contributed by atoms with Gasteiger partial charge in [-0.05, 0) is 19.9 Å². The van der Waals surface area contributed by atoms with Crippen LogP contribution in [0.4, 0.5) is 16.9 Å². The average molecular weight is 453 g/mol. The quantitative estimate of drug-likeness (QED) is 0.382. The Morgan fingerprint density at radius 1 is 1.28 bits per heavy atom. The number of anilines is 3. The molecular weight excluding hydrogens is 434 g/mol. The van der Waals surface area contributed by atoms with Gasteiger partial charge in [0.2, 0.25) is 12.7 Å². The molecule has 3 aromatic heterocycles. The number of hydrogen-bond donors (Lipinski definition) is 3. The SMILES string of the molecule is CCn1cnc2nc(Nc3nc(C)c(C(=O)O)s3)nc(NCc3cccc4c3OCO4)c21. The van der Waals surface area contributed by atoms with Crippen molar-refractivity contribution in [1.29, 1.82) is 0 Å². The molecule has 4 aromatic rings. The number of benzene rings is 1. The van der Waals surface area contributed by atoms with E-state index >= 15 is 0 Å². The van der Waals surface area contributed by atoms with Gasteiger partial charge in [-0.15, -0.1) is 0 Å². The summed E-state index contributed by atoms with van der Waals surface area (Å²) in [4.78, 5) is 29.2. The summed E-state index contributed by atoms with van der Waals surface area (Å²) in [5.74, 6) is 1.26. The number of thiazole rings is 1. The lowest BCUT2D eigenvalue weighted by Gasteiger charge is -2.12. The van der Waals surface area contributed by atoms with Crippen molar-refractivity contribution in [2.75, 3.05) is 17.4 Å². The molecule has 0 unspecified atom stereocenters. The maximum absolute atomic E-state index is 11.3. The first-order valence-corrected chi connectivity index (χ1v) is 10.7. The number of carboxylic acid groups (broad SMARTS) is 1. The third-order valence-electron chi connectivity index (χ3n) is 4.95. The van der Waals surface area contributed by atoms with Gasteiger partial charge < -0.3 is 24.5 Å². The lowest BCUT2D eigenvalue weighted by molar-refractivity contribution is 0.0701. The maximum Gasteiger partial charge on any atom is 0.347 e. The Balaban J connectivity index is 1.48. The number of fused-ring (bicyclic) bond motifs is 2. The van der Waals surface area contributed by atoms with E-state index in [1.165, 1.54) is 0 Å². The molecule has 11 nitrogen and oxygen atoms in total. The monoisotopic (exact) mass is 453 g/mol. The van der Waals surface area contributed by atoms with E-state index in [9.17, 15) is 9.90 Å². The first-order valence-electron chi connectivity index (χ1n) is 9.85. The minimum absolute atomic E-state index is 0.169. The van der Waals surface area contributed by atoms with E-state index in [0.717, 1.165) is 22.4 Å². The molecule has 0 saturated heterocycles. The average Bonchev–Trinajstić information content (AvgIpc) is 3.50. The fourth-order valence-electron chi connectivity index (χ4n) is 3.45. The van der Waals surface area contributed by atoms with Crippen molar-refractivity contribution >= 4 is 45.4 Å². The zero-order valence-electron chi connectivity index (χ0n) is 17.2. The highest BCUT2D eigenvalue weighted by atomic mass is 32.1. The smallest absolute Gasteiger partial charge is 0.347 e. The van der Waals surface area contributed by atoms with Gasteiger partial charge in [-0.25, -0.2) is 14.8 Å². The summed E-state index contributed by atoms with van der Waals surface area (Å²) in [5, 5.41) is 16.0. The van der Waals surface area contributed by atoms with E-state index in [1.54, 1.807) is 13.3 Å². The highest BCUT2D eigenvalue weighted by molar-refractivity contribution is 7.17. The van der Waals surface area contributed by atoms with Crippen molar-refractivity contribution in [3.05, 3.63) is 40.7 Å². The number of ether oxygens (including phenoxy) is 2. The zero-order valence-corrected chi connectivity index (χ0v) is 18.1. The summed E-state index contributed by atoms with van der Waals surface area (Å²) in [5.41, 5.74) is 2.64. The molecule has 0 radical (unpaired) electrons. The van der Waals surface area contributed by atoms with Crippen LogP contribution in [0.15, 0.2) is 24.5 Å². The minimum atomic E-state index is -1.02. The molecule has 4 heterocycles. The number of carbonyl (C=O) groups is 1.